The second-order valence-electron chi connectivity index (χ2n) is 3.29. The summed E-state index contributed by atoms with van der Waals surface area (Å²) in [6.07, 6.45) is 3.13. The van der Waals surface area contributed by atoms with E-state index < -0.39 is 20.8 Å². The predicted molar refractivity (Wildman–Crippen MR) is 58.3 cm³/mol. The number of nitrogens with two attached hydrogens (primary N) is 1. The Morgan fingerprint density at radius 2 is 2.19 bits per heavy atom. The maximum absolute atomic E-state index is 11.4. The van der Waals surface area contributed by atoms with Gasteiger partial charge in [0.05, 0.1) is 5.75 Å². The van der Waals surface area contributed by atoms with Gasteiger partial charge in [-0.2, -0.15) is 0 Å². The van der Waals surface area contributed by atoms with Gasteiger partial charge in [0.25, 0.3) is 0 Å². The fraction of sp³-hybridized carbons (Fsp3) is 0.111. The molecule has 0 aromatic carbocycles. The monoisotopic (exact) mass is 239 g/mol. The van der Waals surface area contributed by atoms with Crippen LogP contribution >= 0.6 is 0 Å². The van der Waals surface area contributed by atoms with Crippen LogP contribution in [0, 0.1) is 0 Å². The third-order valence-corrected chi connectivity index (χ3v) is 3.51. The van der Waals surface area contributed by atoms with E-state index in [1.54, 1.807) is 18.3 Å². The standard InChI is InChI=1S/C9H9N3O3S/c10-9(13)16(14,15)5-6-1-3-11-8-7(6)2-4-12-8/h1-4H,5H2,(H2,10,13)(H,11,12). The van der Waals surface area contributed by atoms with Crippen LogP contribution in [0.1, 0.15) is 5.56 Å². The summed E-state index contributed by atoms with van der Waals surface area (Å²) < 4.78 is 22.7. The Hall–Kier alpha value is -1.89. The number of fused-ring (bicyclic) bond motifs is 1. The quantitative estimate of drug-likeness (QED) is 0.798. The second kappa shape index (κ2) is 3.60. The van der Waals surface area contributed by atoms with Gasteiger partial charge >= 0.3 is 5.24 Å². The summed E-state index contributed by atoms with van der Waals surface area (Å²) in [5.41, 5.74) is 5.87. The Kier molecular flexibility index (Phi) is 2.39. The van der Waals surface area contributed by atoms with Crippen molar-refractivity contribution in [3.8, 4) is 0 Å². The minimum absolute atomic E-state index is 0.404. The predicted octanol–water partition coefficient (Wildman–Crippen LogP) is 0.556. The van der Waals surface area contributed by atoms with E-state index in [2.05, 4.69) is 9.97 Å². The molecule has 0 bridgehead atoms. The molecule has 3 N–H and O–H groups in total. The molecule has 6 nitrogen and oxygen atoms in total. The Bertz CT molecular complexity index is 645. The molecule has 0 atom stereocenters. The van der Waals surface area contributed by atoms with Gasteiger partial charge in [0.2, 0.25) is 9.84 Å². The molecule has 0 spiro atoms. The number of rotatable bonds is 2. The summed E-state index contributed by atoms with van der Waals surface area (Å²) >= 11 is 0. The van der Waals surface area contributed by atoms with Crippen molar-refractivity contribution >= 4 is 26.1 Å². The Balaban J connectivity index is 2.50. The zero-order valence-corrected chi connectivity index (χ0v) is 8.99. The number of carbonyl (C=O) groups excluding carboxylic acids is 1. The fourth-order valence-electron chi connectivity index (χ4n) is 1.42. The summed E-state index contributed by atoms with van der Waals surface area (Å²) in [6, 6.07) is 3.25. The molecular weight excluding hydrogens is 230 g/mol. The van der Waals surface area contributed by atoms with Crippen LogP contribution in [0.3, 0.4) is 0 Å². The lowest BCUT2D eigenvalue weighted by Gasteiger charge is -2.01. The molecule has 2 aromatic rings. The largest absolute Gasteiger partial charge is 0.356 e. The summed E-state index contributed by atoms with van der Waals surface area (Å²) in [7, 11) is -3.92. The number of aromatic nitrogens is 2. The molecule has 0 saturated heterocycles. The van der Waals surface area contributed by atoms with Gasteiger partial charge in [-0.15, -0.1) is 0 Å². The molecule has 0 aliphatic carbocycles. The van der Waals surface area contributed by atoms with Crippen LogP contribution < -0.4 is 5.73 Å². The van der Waals surface area contributed by atoms with Crippen LogP contribution in [0.25, 0.3) is 11.0 Å². The highest BCUT2D eigenvalue weighted by atomic mass is 32.2. The van der Waals surface area contributed by atoms with Crippen LogP contribution in [-0.2, 0) is 15.6 Å². The van der Waals surface area contributed by atoms with Crippen molar-refractivity contribution in [2.45, 2.75) is 5.75 Å². The summed E-state index contributed by atoms with van der Waals surface area (Å²) in [5.74, 6) is -0.404. The second-order valence-corrected chi connectivity index (χ2v) is 5.21. The van der Waals surface area contributed by atoms with Gasteiger partial charge < -0.3 is 10.7 Å². The number of amides is 1. The van der Waals surface area contributed by atoms with E-state index in [0.717, 1.165) is 0 Å². The normalized spacial score (nSPS) is 11.8. The van der Waals surface area contributed by atoms with Crippen molar-refractivity contribution < 1.29 is 13.2 Å². The molecule has 0 unspecified atom stereocenters. The maximum atomic E-state index is 11.4. The number of hydrogen-bond acceptors (Lipinski definition) is 4. The smallest absolute Gasteiger partial charge is 0.334 e. The molecule has 16 heavy (non-hydrogen) atoms. The van der Waals surface area contributed by atoms with E-state index in [9.17, 15) is 13.2 Å². The average molecular weight is 239 g/mol. The van der Waals surface area contributed by atoms with Gasteiger partial charge in [-0.3, -0.25) is 4.79 Å². The van der Waals surface area contributed by atoms with Crippen molar-refractivity contribution in [2.24, 2.45) is 5.73 Å². The van der Waals surface area contributed by atoms with Crippen molar-refractivity contribution in [1.29, 1.82) is 0 Å². The van der Waals surface area contributed by atoms with E-state index >= 15 is 0 Å². The number of primary amides is 1. The summed E-state index contributed by atoms with van der Waals surface area (Å²) in [5, 5.41) is -0.639. The lowest BCUT2D eigenvalue weighted by Crippen LogP contribution is -2.23. The van der Waals surface area contributed by atoms with Crippen LogP contribution in [0.5, 0.6) is 0 Å². The van der Waals surface area contributed by atoms with Crippen LogP contribution in [0.15, 0.2) is 24.5 Å². The minimum Gasteiger partial charge on any atom is -0.356 e. The van der Waals surface area contributed by atoms with Gasteiger partial charge in [-0.25, -0.2) is 13.4 Å². The molecule has 2 heterocycles. The van der Waals surface area contributed by atoms with Crippen LogP contribution in [-0.4, -0.2) is 23.6 Å². The van der Waals surface area contributed by atoms with E-state index in [1.807, 2.05) is 0 Å². The van der Waals surface area contributed by atoms with E-state index in [4.69, 9.17) is 5.73 Å². The first-order chi connectivity index (χ1) is 7.50. The first-order valence-electron chi connectivity index (χ1n) is 4.44. The zero-order chi connectivity index (χ0) is 11.8. The highest BCUT2D eigenvalue weighted by Gasteiger charge is 2.20. The summed E-state index contributed by atoms with van der Waals surface area (Å²) in [6.45, 7) is 0. The molecular formula is C9H9N3O3S. The van der Waals surface area contributed by atoms with E-state index in [1.165, 1.54) is 6.20 Å². The first kappa shape index (κ1) is 10.6. The molecule has 1 amide bonds. The minimum atomic E-state index is -3.92. The highest BCUT2D eigenvalue weighted by Crippen LogP contribution is 2.17. The van der Waals surface area contributed by atoms with Gasteiger partial charge in [0, 0.05) is 17.8 Å². The Morgan fingerprint density at radius 1 is 1.44 bits per heavy atom. The molecule has 84 valence electrons. The molecule has 2 aromatic heterocycles. The number of pyridine rings is 1. The lowest BCUT2D eigenvalue weighted by molar-refractivity contribution is 0.265. The maximum Gasteiger partial charge on any atom is 0.334 e. The number of nitrogens with one attached hydrogen (secondary N) is 1. The number of aromatic amines is 1. The topological polar surface area (TPSA) is 106 Å². The van der Waals surface area contributed by atoms with Crippen LogP contribution in [0.4, 0.5) is 4.79 Å². The number of hydrogen-bond donors (Lipinski definition) is 2. The fourth-order valence-corrected chi connectivity index (χ4v) is 2.22. The lowest BCUT2D eigenvalue weighted by atomic mass is 10.2. The third-order valence-electron chi connectivity index (χ3n) is 2.20. The Labute approximate surface area is 91.4 Å². The highest BCUT2D eigenvalue weighted by molar-refractivity contribution is 8.05. The number of H-pyrrole nitrogens is 1. The number of carbonyl (C=O) groups is 1. The average Bonchev–Trinajstić information content (AvgIpc) is 2.65. The molecule has 0 aliphatic heterocycles. The molecule has 0 radical (unpaired) electrons. The van der Waals surface area contributed by atoms with Crippen LogP contribution in [0.2, 0.25) is 0 Å². The Morgan fingerprint density at radius 3 is 2.88 bits per heavy atom. The van der Waals surface area contributed by atoms with E-state index in [0.29, 0.717) is 16.6 Å². The van der Waals surface area contributed by atoms with Gasteiger partial charge in [-0.1, -0.05) is 0 Å². The summed E-state index contributed by atoms with van der Waals surface area (Å²) in [4.78, 5) is 17.6. The van der Waals surface area contributed by atoms with Gasteiger partial charge in [-0.05, 0) is 17.7 Å². The SMILES string of the molecule is NC(=O)S(=O)(=O)Cc1ccnc2[nH]ccc12. The van der Waals surface area contributed by atoms with Crippen molar-refractivity contribution in [2.75, 3.05) is 0 Å². The van der Waals surface area contributed by atoms with Gasteiger partial charge in [0.15, 0.2) is 0 Å². The van der Waals surface area contributed by atoms with Crippen molar-refractivity contribution in [3.05, 3.63) is 30.1 Å². The number of sulfone groups is 1. The first-order valence-corrected chi connectivity index (χ1v) is 6.09. The van der Waals surface area contributed by atoms with Crippen molar-refractivity contribution in [1.82, 2.24) is 9.97 Å². The molecule has 0 saturated carbocycles. The molecule has 7 heteroatoms. The molecule has 0 fully saturated rings. The van der Waals surface area contributed by atoms with Crippen molar-refractivity contribution in [3.63, 3.8) is 0 Å². The van der Waals surface area contributed by atoms with Gasteiger partial charge in [0.1, 0.15) is 5.65 Å². The third kappa shape index (κ3) is 1.76. The zero-order valence-electron chi connectivity index (χ0n) is 8.17. The van der Waals surface area contributed by atoms with E-state index in [-0.39, 0.29) is 0 Å². The molecule has 0 aliphatic rings. The number of nitrogens with zero attached hydrogens (tertiary/aromatic N) is 1. The molecule has 2 rings (SSSR count).